The van der Waals surface area contributed by atoms with Crippen LogP contribution in [-0.2, 0) is 4.74 Å². The number of amides is 1. The quantitative estimate of drug-likeness (QED) is 0.872. The number of benzene rings is 1. The first-order valence-electron chi connectivity index (χ1n) is 7.77. The highest BCUT2D eigenvalue weighted by Gasteiger charge is 2.13. The van der Waals surface area contributed by atoms with Crippen molar-refractivity contribution in [3.63, 3.8) is 0 Å². The Labute approximate surface area is 136 Å². The smallest absolute Gasteiger partial charge is 0.271 e. The Morgan fingerprint density at radius 2 is 1.78 bits per heavy atom. The van der Waals surface area contributed by atoms with Crippen molar-refractivity contribution in [1.29, 1.82) is 0 Å². The summed E-state index contributed by atoms with van der Waals surface area (Å²) in [5.41, 5.74) is 3.48. The van der Waals surface area contributed by atoms with Crippen molar-refractivity contribution in [1.82, 2.24) is 9.88 Å². The fourth-order valence-electron chi connectivity index (χ4n) is 2.61. The van der Waals surface area contributed by atoms with E-state index in [4.69, 9.17) is 4.74 Å². The first-order chi connectivity index (χ1) is 11.1. The van der Waals surface area contributed by atoms with E-state index < -0.39 is 0 Å². The Bertz CT molecular complexity index is 677. The van der Waals surface area contributed by atoms with Gasteiger partial charge in [0.05, 0.1) is 18.9 Å². The fourth-order valence-corrected chi connectivity index (χ4v) is 2.61. The minimum atomic E-state index is -0.0863. The van der Waals surface area contributed by atoms with Crippen molar-refractivity contribution in [2.24, 2.45) is 0 Å². The molecule has 2 aromatic rings. The van der Waals surface area contributed by atoms with Crippen molar-refractivity contribution < 1.29 is 9.53 Å². The molecule has 23 heavy (non-hydrogen) atoms. The normalized spacial score (nSPS) is 14.6. The zero-order chi connectivity index (χ0) is 16.2. The number of nitrogens with zero attached hydrogens (tertiary/aromatic N) is 3. The summed E-state index contributed by atoms with van der Waals surface area (Å²) in [5.74, 6) is -0.0863. The fraction of sp³-hybridized carbons (Fsp3) is 0.333. The molecular weight excluding hydrogens is 290 g/mol. The second kappa shape index (κ2) is 6.79. The predicted octanol–water partition coefficient (Wildman–Crippen LogP) is 2.29. The van der Waals surface area contributed by atoms with Gasteiger partial charge in [0.15, 0.2) is 0 Å². The lowest BCUT2D eigenvalue weighted by Crippen LogP contribution is -2.36. The molecule has 1 aromatic heterocycles. The van der Waals surface area contributed by atoms with Crippen LogP contribution in [0, 0.1) is 0 Å². The van der Waals surface area contributed by atoms with Gasteiger partial charge >= 0.3 is 0 Å². The van der Waals surface area contributed by atoms with Crippen LogP contribution in [0.5, 0.6) is 0 Å². The van der Waals surface area contributed by atoms with Gasteiger partial charge in [-0.2, -0.15) is 0 Å². The molecule has 0 aliphatic carbocycles. The van der Waals surface area contributed by atoms with Gasteiger partial charge in [-0.3, -0.25) is 4.79 Å². The SMILES string of the molecule is CN(C)C(=O)c1cccc(-c2ccc(N3CCOCC3)cc2)n1. The number of aromatic nitrogens is 1. The molecule has 0 bridgehead atoms. The molecule has 0 atom stereocenters. The lowest BCUT2D eigenvalue weighted by atomic mass is 10.1. The summed E-state index contributed by atoms with van der Waals surface area (Å²) in [6.45, 7) is 3.39. The number of carbonyl (C=O) groups is 1. The molecule has 0 radical (unpaired) electrons. The minimum Gasteiger partial charge on any atom is -0.378 e. The highest BCUT2D eigenvalue weighted by molar-refractivity contribution is 5.92. The van der Waals surface area contributed by atoms with Gasteiger partial charge in [-0.15, -0.1) is 0 Å². The molecule has 0 saturated carbocycles. The average Bonchev–Trinajstić information content (AvgIpc) is 2.62. The Morgan fingerprint density at radius 3 is 2.43 bits per heavy atom. The van der Waals surface area contributed by atoms with Crippen LogP contribution in [0.25, 0.3) is 11.3 Å². The van der Waals surface area contributed by atoms with Crippen LogP contribution in [0.2, 0.25) is 0 Å². The third-order valence-corrected chi connectivity index (χ3v) is 3.91. The van der Waals surface area contributed by atoms with E-state index in [9.17, 15) is 4.79 Å². The Balaban J connectivity index is 1.82. The molecule has 1 fully saturated rings. The van der Waals surface area contributed by atoms with Crippen molar-refractivity contribution in [2.45, 2.75) is 0 Å². The molecule has 3 rings (SSSR count). The third kappa shape index (κ3) is 3.51. The second-order valence-corrected chi connectivity index (χ2v) is 5.75. The minimum absolute atomic E-state index is 0.0863. The summed E-state index contributed by atoms with van der Waals surface area (Å²) in [6, 6.07) is 13.8. The van der Waals surface area contributed by atoms with Crippen LogP contribution >= 0.6 is 0 Å². The molecular formula is C18H21N3O2. The molecule has 1 saturated heterocycles. The van der Waals surface area contributed by atoms with Gasteiger partial charge in [-0.1, -0.05) is 18.2 Å². The standard InChI is InChI=1S/C18H21N3O2/c1-20(2)18(22)17-5-3-4-16(19-17)14-6-8-15(9-7-14)21-10-12-23-13-11-21/h3-9H,10-13H2,1-2H3. The van der Waals surface area contributed by atoms with Crippen LogP contribution < -0.4 is 4.90 Å². The van der Waals surface area contributed by atoms with Crippen molar-refractivity contribution >= 4 is 11.6 Å². The number of carbonyl (C=O) groups excluding carboxylic acids is 1. The molecule has 1 amide bonds. The maximum Gasteiger partial charge on any atom is 0.271 e. The molecule has 2 heterocycles. The van der Waals surface area contributed by atoms with Crippen LogP contribution in [-0.4, -0.2) is 56.2 Å². The topological polar surface area (TPSA) is 45.7 Å². The highest BCUT2D eigenvalue weighted by atomic mass is 16.5. The Morgan fingerprint density at radius 1 is 1.09 bits per heavy atom. The van der Waals surface area contributed by atoms with Gasteiger partial charge in [0.25, 0.3) is 5.91 Å². The maximum atomic E-state index is 12.0. The largest absolute Gasteiger partial charge is 0.378 e. The molecule has 120 valence electrons. The summed E-state index contributed by atoms with van der Waals surface area (Å²) < 4.78 is 5.38. The van der Waals surface area contributed by atoms with E-state index in [-0.39, 0.29) is 5.91 Å². The number of hydrogen-bond acceptors (Lipinski definition) is 4. The number of pyridine rings is 1. The molecule has 1 aliphatic rings. The summed E-state index contributed by atoms with van der Waals surface area (Å²) in [7, 11) is 3.46. The lowest BCUT2D eigenvalue weighted by Gasteiger charge is -2.28. The summed E-state index contributed by atoms with van der Waals surface area (Å²) in [5, 5.41) is 0. The van der Waals surface area contributed by atoms with E-state index in [1.165, 1.54) is 10.6 Å². The van der Waals surface area contributed by atoms with Crippen LogP contribution in [0.1, 0.15) is 10.5 Å². The first-order valence-corrected chi connectivity index (χ1v) is 7.77. The van der Waals surface area contributed by atoms with E-state index in [1.54, 1.807) is 20.2 Å². The van der Waals surface area contributed by atoms with Gasteiger partial charge in [-0.25, -0.2) is 4.98 Å². The highest BCUT2D eigenvalue weighted by Crippen LogP contribution is 2.22. The monoisotopic (exact) mass is 311 g/mol. The summed E-state index contributed by atoms with van der Waals surface area (Å²) in [4.78, 5) is 20.4. The van der Waals surface area contributed by atoms with Crippen LogP contribution in [0.15, 0.2) is 42.5 Å². The molecule has 5 nitrogen and oxygen atoms in total. The Kier molecular flexibility index (Phi) is 4.57. The summed E-state index contributed by atoms with van der Waals surface area (Å²) >= 11 is 0. The molecule has 1 aliphatic heterocycles. The van der Waals surface area contributed by atoms with E-state index >= 15 is 0 Å². The predicted molar refractivity (Wildman–Crippen MR) is 90.7 cm³/mol. The molecule has 0 N–H and O–H groups in total. The maximum absolute atomic E-state index is 12.0. The van der Waals surface area contributed by atoms with Gasteiger partial charge in [-0.05, 0) is 24.3 Å². The van der Waals surface area contributed by atoms with Gasteiger partial charge < -0.3 is 14.5 Å². The van der Waals surface area contributed by atoms with Crippen molar-refractivity contribution in [3.05, 3.63) is 48.2 Å². The van der Waals surface area contributed by atoms with Gasteiger partial charge in [0, 0.05) is 38.4 Å². The van der Waals surface area contributed by atoms with Gasteiger partial charge in [0.1, 0.15) is 5.69 Å². The van der Waals surface area contributed by atoms with Crippen LogP contribution in [0.4, 0.5) is 5.69 Å². The Hall–Kier alpha value is -2.40. The third-order valence-electron chi connectivity index (χ3n) is 3.91. The number of anilines is 1. The van der Waals surface area contributed by atoms with Crippen LogP contribution in [0.3, 0.4) is 0 Å². The zero-order valence-corrected chi connectivity index (χ0v) is 13.5. The summed E-state index contributed by atoms with van der Waals surface area (Å²) in [6.07, 6.45) is 0. The van der Waals surface area contributed by atoms with E-state index in [0.717, 1.165) is 37.6 Å². The van der Waals surface area contributed by atoms with Gasteiger partial charge in [0.2, 0.25) is 0 Å². The van der Waals surface area contributed by atoms with E-state index in [2.05, 4.69) is 34.1 Å². The number of hydrogen-bond donors (Lipinski definition) is 0. The number of ether oxygens (including phenoxy) is 1. The second-order valence-electron chi connectivity index (χ2n) is 5.75. The first kappa shape index (κ1) is 15.5. The van der Waals surface area contributed by atoms with E-state index in [0.29, 0.717) is 5.69 Å². The molecule has 0 unspecified atom stereocenters. The van der Waals surface area contributed by atoms with Crippen molar-refractivity contribution in [3.8, 4) is 11.3 Å². The lowest BCUT2D eigenvalue weighted by molar-refractivity contribution is 0.0822. The zero-order valence-electron chi connectivity index (χ0n) is 13.5. The molecule has 1 aromatic carbocycles. The molecule has 5 heteroatoms. The number of rotatable bonds is 3. The average molecular weight is 311 g/mol. The van der Waals surface area contributed by atoms with Crippen molar-refractivity contribution in [2.75, 3.05) is 45.3 Å². The number of morpholine rings is 1. The molecule has 0 spiro atoms. The van der Waals surface area contributed by atoms with E-state index in [1.807, 2.05) is 12.1 Å².